The van der Waals surface area contributed by atoms with E-state index in [9.17, 15) is 19.4 Å². The van der Waals surface area contributed by atoms with Crippen molar-refractivity contribution in [1.29, 1.82) is 0 Å². The molecule has 468 valence electrons. The van der Waals surface area contributed by atoms with E-state index in [1.165, 1.54) is 289 Å². The van der Waals surface area contributed by atoms with E-state index < -0.39 is 20.0 Å². The number of nitrogens with one attached hydrogen (secondary N) is 1. The predicted octanol–water partition coefficient (Wildman–Crippen LogP) is 22.1. The predicted molar refractivity (Wildman–Crippen MR) is 346 cm³/mol. The third-order valence-electron chi connectivity index (χ3n) is 16.1. The number of hydrogen-bond acceptors (Lipinski definition) is 5. The second-order valence-corrected chi connectivity index (χ2v) is 26.7. The van der Waals surface area contributed by atoms with Gasteiger partial charge in [0.15, 0.2) is 0 Å². The van der Waals surface area contributed by atoms with Crippen molar-refractivity contribution in [3.63, 3.8) is 0 Å². The lowest BCUT2D eigenvalue weighted by molar-refractivity contribution is -0.870. The Bertz CT molecular complexity index is 1380. The molecule has 0 aromatic carbocycles. The minimum absolute atomic E-state index is 0.0552. The van der Waals surface area contributed by atoms with Crippen molar-refractivity contribution < 1.29 is 32.9 Å². The molecule has 0 spiro atoms. The molecule has 79 heavy (non-hydrogen) atoms. The summed E-state index contributed by atoms with van der Waals surface area (Å²) in [5.74, 6) is -0.184. The molecular formula is C70H138N2O6P+. The number of phosphoric ester groups is 1. The normalized spacial score (nSPS) is 13.9. The Morgan fingerprint density at radius 2 is 0.696 bits per heavy atom. The maximum atomic E-state index is 13.0. The number of carbonyl (C=O) groups is 1. The van der Waals surface area contributed by atoms with Crippen LogP contribution in [-0.2, 0) is 18.4 Å². The fourth-order valence-electron chi connectivity index (χ4n) is 10.7. The van der Waals surface area contributed by atoms with Gasteiger partial charge in [-0.25, -0.2) is 4.57 Å². The molecule has 0 heterocycles. The van der Waals surface area contributed by atoms with E-state index in [0.29, 0.717) is 17.4 Å². The van der Waals surface area contributed by atoms with E-state index in [1.54, 1.807) is 6.08 Å². The molecule has 0 aromatic rings. The first-order valence-electron chi connectivity index (χ1n) is 34.9. The lowest BCUT2D eigenvalue weighted by Crippen LogP contribution is -2.45. The van der Waals surface area contributed by atoms with Gasteiger partial charge in [0.1, 0.15) is 13.2 Å². The zero-order valence-electron chi connectivity index (χ0n) is 53.6. The van der Waals surface area contributed by atoms with Gasteiger partial charge >= 0.3 is 7.82 Å². The van der Waals surface area contributed by atoms with Gasteiger partial charge in [-0.1, -0.05) is 339 Å². The maximum Gasteiger partial charge on any atom is 0.472 e. The van der Waals surface area contributed by atoms with Crippen molar-refractivity contribution in [2.24, 2.45) is 0 Å². The Morgan fingerprint density at radius 1 is 0.418 bits per heavy atom. The Kier molecular flexibility index (Phi) is 60.3. The molecule has 3 atom stereocenters. The van der Waals surface area contributed by atoms with Crippen molar-refractivity contribution in [3.8, 4) is 0 Å². The van der Waals surface area contributed by atoms with Gasteiger partial charge < -0.3 is 19.8 Å². The summed E-state index contributed by atoms with van der Waals surface area (Å²) in [6.45, 7) is 4.82. The molecule has 0 aliphatic carbocycles. The van der Waals surface area contributed by atoms with Gasteiger partial charge in [0.25, 0.3) is 0 Å². The molecule has 0 fully saturated rings. The van der Waals surface area contributed by atoms with Gasteiger partial charge in [-0.2, -0.15) is 0 Å². The topological polar surface area (TPSA) is 105 Å². The molecule has 0 rings (SSSR count). The number of nitrogens with zero attached hydrogens (tertiary/aromatic N) is 1. The number of amides is 1. The Morgan fingerprint density at radius 3 is 1.01 bits per heavy atom. The first kappa shape index (κ1) is 77.7. The largest absolute Gasteiger partial charge is 0.472 e. The van der Waals surface area contributed by atoms with E-state index in [-0.39, 0.29) is 19.1 Å². The van der Waals surface area contributed by atoms with Crippen molar-refractivity contribution in [3.05, 3.63) is 36.5 Å². The number of allylic oxidation sites excluding steroid dienone is 5. The number of rotatable bonds is 65. The average molecular weight is 1130 g/mol. The summed E-state index contributed by atoms with van der Waals surface area (Å²) in [7, 11) is 1.56. The number of likely N-dealkylation sites (N-methyl/N-ethyl adjacent to an activating group) is 1. The molecule has 9 heteroatoms. The Labute approximate surface area is 493 Å². The molecule has 3 unspecified atom stereocenters. The quantitative estimate of drug-likeness (QED) is 0.0243. The van der Waals surface area contributed by atoms with Crippen LogP contribution in [0.2, 0.25) is 0 Å². The van der Waals surface area contributed by atoms with E-state index in [1.807, 2.05) is 27.2 Å². The fourth-order valence-corrected chi connectivity index (χ4v) is 11.4. The van der Waals surface area contributed by atoms with Gasteiger partial charge in [-0.05, 0) is 44.9 Å². The van der Waals surface area contributed by atoms with Crippen molar-refractivity contribution >= 4 is 13.7 Å². The summed E-state index contributed by atoms with van der Waals surface area (Å²) in [6, 6.07) is -0.868. The van der Waals surface area contributed by atoms with E-state index in [2.05, 4.69) is 43.5 Å². The lowest BCUT2D eigenvalue weighted by atomic mass is 10.0. The van der Waals surface area contributed by atoms with Crippen LogP contribution in [-0.4, -0.2) is 73.4 Å². The highest BCUT2D eigenvalue weighted by atomic mass is 31.2. The Balaban J connectivity index is 3.89. The number of carbonyl (C=O) groups excluding carboxylic acids is 1. The third-order valence-corrected chi connectivity index (χ3v) is 17.1. The van der Waals surface area contributed by atoms with Crippen LogP contribution in [0.5, 0.6) is 0 Å². The molecule has 0 radical (unpaired) electrons. The van der Waals surface area contributed by atoms with Crippen molar-refractivity contribution in [1.82, 2.24) is 5.32 Å². The highest BCUT2D eigenvalue weighted by Crippen LogP contribution is 2.43. The van der Waals surface area contributed by atoms with Crippen LogP contribution in [0.15, 0.2) is 36.5 Å². The zero-order valence-corrected chi connectivity index (χ0v) is 54.5. The van der Waals surface area contributed by atoms with Gasteiger partial charge in [-0.3, -0.25) is 13.8 Å². The van der Waals surface area contributed by atoms with E-state index in [0.717, 1.165) is 44.9 Å². The van der Waals surface area contributed by atoms with Crippen molar-refractivity contribution in [2.45, 2.75) is 366 Å². The number of hydrogen-bond donors (Lipinski definition) is 3. The SMILES string of the molecule is CCCCCCCCC/C=C/CC/C=C/CC/C=C/C(O)C(COP(=O)(O)OCC[N+](C)(C)C)NC(=O)CCCCCCCCCCCCCCCCCCCCCCCCCCCCCCCCCCCCCCCCCC. The second-order valence-electron chi connectivity index (χ2n) is 25.3. The molecule has 0 bridgehead atoms. The number of quaternary nitrogens is 1. The standard InChI is InChI=1S/C70H137N2O6P/c1-6-8-10-12-14-16-18-20-22-24-25-26-27-28-29-30-31-32-33-34-35-36-37-38-39-40-41-42-43-44-45-46-48-50-52-54-56-58-60-62-64-70(74)71-68(67-78-79(75,76)77-66-65-72(3,4)5)69(73)63-61-59-57-55-53-51-49-47-23-21-19-17-15-13-11-9-7-2/h23,47,53,55,61,63,68-69,73H,6-22,24-46,48-52,54,56-60,62,64-67H2,1-5H3,(H-,71,74,75,76)/p+1/b47-23+,55-53+,63-61+. The monoisotopic (exact) mass is 1130 g/mol. The van der Waals surface area contributed by atoms with Crippen molar-refractivity contribution in [2.75, 3.05) is 40.9 Å². The number of aliphatic hydroxyl groups excluding tert-OH is 1. The van der Waals surface area contributed by atoms with Gasteiger partial charge in [-0.15, -0.1) is 0 Å². The molecule has 0 aliphatic rings. The van der Waals surface area contributed by atoms with E-state index >= 15 is 0 Å². The zero-order chi connectivity index (χ0) is 57.7. The summed E-state index contributed by atoms with van der Waals surface area (Å²) in [5, 5.41) is 13.9. The average Bonchev–Trinajstić information content (AvgIpc) is 3.42. The highest BCUT2D eigenvalue weighted by Gasteiger charge is 2.28. The Hall–Kier alpha value is -1.28. The molecule has 1 amide bonds. The molecular weight excluding hydrogens is 996 g/mol. The molecule has 0 saturated heterocycles. The first-order chi connectivity index (χ1) is 38.5. The fraction of sp³-hybridized carbons (Fsp3) is 0.900. The molecule has 0 aliphatic heterocycles. The highest BCUT2D eigenvalue weighted by molar-refractivity contribution is 7.47. The second kappa shape index (κ2) is 61.3. The van der Waals surface area contributed by atoms with Gasteiger partial charge in [0, 0.05) is 6.42 Å². The van der Waals surface area contributed by atoms with Crippen LogP contribution in [0.3, 0.4) is 0 Å². The summed E-state index contributed by atoms with van der Waals surface area (Å²) in [5.41, 5.74) is 0. The molecule has 0 saturated carbocycles. The molecule has 8 nitrogen and oxygen atoms in total. The van der Waals surface area contributed by atoms with Crippen LogP contribution in [0.4, 0.5) is 0 Å². The lowest BCUT2D eigenvalue weighted by Gasteiger charge is -2.25. The number of phosphoric acid groups is 1. The summed E-state index contributed by atoms with van der Waals surface area (Å²) < 4.78 is 23.7. The number of unbranched alkanes of at least 4 members (excludes halogenated alkanes) is 48. The third kappa shape index (κ3) is 64.1. The first-order valence-corrected chi connectivity index (χ1v) is 36.4. The van der Waals surface area contributed by atoms with Crippen LogP contribution >= 0.6 is 7.82 Å². The van der Waals surface area contributed by atoms with Gasteiger partial charge in [0.05, 0.1) is 39.9 Å². The summed E-state index contributed by atoms with van der Waals surface area (Å²) in [4.78, 5) is 23.3. The maximum absolute atomic E-state index is 13.0. The molecule has 0 aromatic heterocycles. The van der Waals surface area contributed by atoms with Crippen LogP contribution in [0, 0.1) is 0 Å². The summed E-state index contributed by atoms with van der Waals surface area (Å²) in [6.07, 6.45) is 81.8. The summed E-state index contributed by atoms with van der Waals surface area (Å²) >= 11 is 0. The number of aliphatic hydroxyl groups is 1. The molecule has 3 N–H and O–H groups in total. The van der Waals surface area contributed by atoms with E-state index in [4.69, 9.17) is 9.05 Å². The minimum atomic E-state index is -4.36. The van der Waals surface area contributed by atoms with Gasteiger partial charge in [0.2, 0.25) is 5.91 Å². The minimum Gasteiger partial charge on any atom is -0.387 e. The van der Waals surface area contributed by atoms with Crippen LogP contribution in [0.25, 0.3) is 0 Å². The van der Waals surface area contributed by atoms with Crippen LogP contribution < -0.4 is 5.32 Å². The smallest absolute Gasteiger partial charge is 0.387 e. The van der Waals surface area contributed by atoms with Crippen LogP contribution in [0.1, 0.15) is 354 Å².